The van der Waals surface area contributed by atoms with E-state index in [0.717, 1.165) is 51.1 Å². The molecule has 1 aliphatic carbocycles. The number of piperidine rings is 1. The molecule has 1 aromatic rings. The van der Waals surface area contributed by atoms with Crippen molar-refractivity contribution in [1.29, 1.82) is 0 Å². The van der Waals surface area contributed by atoms with E-state index in [1.165, 1.54) is 12.8 Å². The Balaban J connectivity index is 1.40. The summed E-state index contributed by atoms with van der Waals surface area (Å²) in [7, 11) is 0. The fraction of sp³-hybridized carbons (Fsp3) is 0.688. The number of carbonyl (C=O) groups is 1. The van der Waals surface area contributed by atoms with Crippen LogP contribution >= 0.6 is 0 Å². The van der Waals surface area contributed by atoms with E-state index < -0.39 is 0 Å². The van der Waals surface area contributed by atoms with E-state index in [2.05, 4.69) is 20.2 Å². The van der Waals surface area contributed by atoms with Crippen LogP contribution in [0.25, 0.3) is 0 Å². The smallest absolute Gasteiger partial charge is 0.223 e. The lowest BCUT2D eigenvalue weighted by Gasteiger charge is -2.32. The van der Waals surface area contributed by atoms with Gasteiger partial charge in [0.1, 0.15) is 5.82 Å². The SMILES string of the molecule is O=C(NCC1CCN(c2cnccn2)CC1)C1CCCC1. The number of aromatic nitrogens is 2. The van der Waals surface area contributed by atoms with E-state index in [1.807, 2.05) is 6.20 Å². The predicted molar refractivity (Wildman–Crippen MR) is 81.9 cm³/mol. The van der Waals surface area contributed by atoms with E-state index in [0.29, 0.717) is 5.92 Å². The first-order valence-corrected chi connectivity index (χ1v) is 8.11. The van der Waals surface area contributed by atoms with Gasteiger partial charge in [-0.15, -0.1) is 0 Å². The van der Waals surface area contributed by atoms with Gasteiger partial charge in [0.15, 0.2) is 0 Å². The largest absolute Gasteiger partial charge is 0.356 e. The van der Waals surface area contributed by atoms with E-state index in [-0.39, 0.29) is 11.8 Å². The van der Waals surface area contributed by atoms with Gasteiger partial charge in [0.25, 0.3) is 0 Å². The third-order valence-electron chi connectivity index (χ3n) is 4.78. The molecule has 1 saturated carbocycles. The van der Waals surface area contributed by atoms with Crippen molar-refractivity contribution in [3.05, 3.63) is 18.6 Å². The molecule has 1 aromatic heterocycles. The Kier molecular flexibility index (Phi) is 4.68. The van der Waals surface area contributed by atoms with Crippen LogP contribution in [0.1, 0.15) is 38.5 Å². The monoisotopic (exact) mass is 288 g/mol. The maximum atomic E-state index is 12.0. The topological polar surface area (TPSA) is 58.1 Å². The highest BCUT2D eigenvalue weighted by atomic mass is 16.1. The lowest BCUT2D eigenvalue weighted by Crippen LogP contribution is -2.40. The molecular weight excluding hydrogens is 264 g/mol. The molecular formula is C16H24N4O. The minimum atomic E-state index is 0.281. The zero-order chi connectivity index (χ0) is 14.5. The fourth-order valence-corrected chi connectivity index (χ4v) is 3.40. The summed E-state index contributed by atoms with van der Waals surface area (Å²) in [6.07, 6.45) is 12.1. The van der Waals surface area contributed by atoms with Gasteiger partial charge in [-0.1, -0.05) is 12.8 Å². The van der Waals surface area contributed by atoms with Gasteiger partial charge in [-0.25, -0.2) is 4.98 Å². The molecule has 0 aromatic carbocycles. The minimum absolute atomic E-state index is 0.281. The molecule has 3 rings (SSSR count). The number of amides is 1. The average molecular weight is 288 g/mol. The maximum Gasteiger partial charge on any atom is 0.223 e. The highest BCUT2D eigenvalue weighted by Crippen LogP contribution is 2.25. The van der Waals surface area contributed by atoms with Crippen LogP contribution in [0, 0.1) is 11.8 Å². The van der Waals surface area contributed by atoms with Crippen LogP contribution in [0.4, 0.5) is 5.82 Å². The molecule has 21 heavy (non-hydrogen) atoms. The summed E-state index contributed by atoms with van der Waals surface area (Å²) in [4.78, 5) is 22.8. The lowest BCUT2D eigenvalue weighted by atomic mass is 9.96. The van der Waals surface area contributed by atoms with Gasteiger partial charge >= 0.3 is 0 Å². The van der Waals surface area contributed by atoms with Crippen molar-refractivity contribution in [3.63, 3.8) is 0 Å². The van der Waals surface area contributed by atoms with E-state index >= 15 is 0 Å². The van der Waals surface area contributed by atoms with Gasteiger partial charge < -0.3 is 10.2 Å². The molecule has 114 valence electrons. The normalized spacial score (nSPS) is 20.7. The molecule has 1 aliphatic heterocycles. The Morgan fingerprint density at radius 2 is 1.95 bits per heavy atom. The first kappa shape index (κ1) is 14.3. The van der Waals surface area contributed by atoms with Crippen LogP contribution < -0.4 is 10.2 Å². The first-order chi connectivity index (χ1) is 10.3. The molecule has 1 amide bonds. The van der Waals surface area contributed by atoms with Gasteiger partial charge in [-0.2, -0.15) is 0 Å². The molecule has 0 unspecified atom stereocenters. The predicted octanol–water partition coefficient (Wildman–Crippen LogP) is 2.00. The minimum Gasteiger partial charge on any atom is -0.356 e. The molecule has 0 radical (unpaired) electrons. The van der Waals surface area contributed by atoms with Gasteiger partial charge in [0.2, 0.25) is 5.91 Å². The summed E-state index contributed by atoms with van der Waals surface area (Å²) >= 11 is 0. The lowest BCUT2D eigenvalue weighted by molar-refractivity contribution is -0.125. The van der Waals surface area contributed by atoms with Crippen LogP contribution in [-0.4, -0.2) is 35.5 Å². The number of nitrogens with one attached hydrogen (secondary N) is 1. The number of rotatable bonds is 4. The molecule has 2 aliphatic rings. The standard InChI is InChI=1S/C16H24N4O/c21-16(14-3-1-2-4-14)19-11-13-5-9-20(10-6-13)15-12-17-7-8-18-15/h7-8,12-14H,1-6,9-11H2,(H,19,21). The van der Waals surface area contributed by atoms with Crippen molar-refractivity contribution in [2.45, 2.75) is 38.5 Å². The maximum absolute atomic E-state index is 12.0. The highest BCUT2D eigenvalue weighted by molar-refractivity contribution is 5.78. The Morgan fingerprint density at radius 1 is 1.19 bits per heavy atom. The third kappa shape index (κ3) is 3.71. The summed E-state index contributed by atoms with van der Waals surface area (Å²) < 4.78 is 0. The molecule has 0 atom stereocenters. The van der Waals surface area contributed by atoms with E-state index in [1.54, 1.807) is 12.4 Å². The van der Waals surface area contributed by atoms with Crippen molar-refractivity contribution in [2.75, 3.05) is 24.5 Å². The van der Waals surface area contributed by atoms with Gasteiger partial charge in [0, 0.05) is 37.9 Å². The Labute approximate surface area is 126 Å². The molecule has 2 fully saturated rings. The van der Waals surface area contributed by atoms with Crippen LogP contribution in [-0.2, 0) is 4.79 Å². The molecule has 0 spiro atoms. The van der Waals surface area contributed by atoms with E-state index in [9.17, 15) is 4.79 Å². The van der Waals surface area contributed by atoms with Gasteiger partial charge in [-0.05, 0) is 31.6 Å². The zero-order valence-electron chi connectivity index (χ0n) is 12.5. The van der Waals surface area contributed by atoms with Crippen molar-refractivity contribution in [1.82, 2.24) is 15.3 Å². The van der Waals surface area contributed by atoms with E-state index in [4.69, 9.17) is 0 Å². The summed E-state index contributed by atoms with van der Waals surface area (Å²) in [5, 5.41) is 3.16. The molecule has 2 heterocycles. The fourth-order valence-electron chi connectivity index (χ4n) is 3.40. The van der Waals surface area contributed by atoms with Gasteiger partial charge in [-0.3, -0.25) is 9.78 Å². The second-order valence-corrected chi connectivity index (χ2v) is 6.22. The molecule has 1 saturated heterocycles. The number of anilines is 1. The van der Waals surface area contributed by atoms with Crippen molar-refractivity contribution >= 4 is 11.7 Å². The van der Waals surface area contributed by atoms with Crippen LogP contribution in [0.15, 0.2) is 18.6 Å². The molecule has 0 bridgehead atoms. The van der Waals surface area contributed by atoms with Crippen molar-refractivity contribution in [2.24, 2.45) is 11.8 Å². The number of hydrogen-bond donors (Lipinski definition) is 1. The second kappa shape index (κ2) is 6.87. The summed E-state index contributed by atoms with van der Waals surface area (Å²) in [6.45, 7) is 2.84. The quantitative estimate of drug-likeness (QED) is 0.920. The van der Waals surface area contributed by atoms with Gasteiger partial charge in [0.05, 0.1) is 6.20 Å². The number of nitrogens with zero attached hydrogens (tertiary/aromatic N) is 3. The molecule has 1 N–H and O–H groups in total. The summed E-state index contributed by atoms with van der Waals surface area (Å²) in [5.41, 5.74) is 0. The van der Waals surface area contributed by atoms with Crippen LogP contribution in [0.2, 0.25) is 0 Å². The number of hydrogen-bond acceptors (Lipinski definition) is 4. The van der Waals surface area contributed by atoms with Crippen LogP contribution in [0.3, 0.4) is 0 Å². The summed E-state index contributed by atoms with van der Waals surface area (Å²) in [5.74, 6) is 2.13. The average Bonchev–Trinajstić information content (AvgIpc) is 3.08. The van der Waals surface area contributed by atoms with Crippen molar-refractivity contribution < 1.29 is 4.79 Å². The molecule has 5 nitrogen and oxygen atoms in total. The van der Waals surface area contributed by atoms with Crippen molar-refractivity contribution in [3.8, 4) is 0 Å². The first-order valence-electron chi connectivity index (χ1n) is 8.11. The third-order valence-corrected chi connectivity index (χ3v) is 4.78. The highest BCUT2D eigenvalue weighted by Gasteiger charge is 2.24. The molecule has 5 heteroatoms. The number of carbonyl (C=O) groups excluding carboxylic acids is 1. The summed E-state index contributed by atoms with van der Waals surface area (Å²) in [6, 6.07) is 0. The zero-order valence-corrected chi connectivity index (χ0v) is 12.5. The second-order valence-electron chi connectivity index (χ2n) is 6.22. The Morgan fingerprint density at radius 3 is 2.62 bits per heavy atom. The van der Waals surface area contributed by atoms with Crippen LogP contribution in [0.5, 0.6) is 0 Å². The Hall–Kier alpha value is -1.65. The Bertz CT molecular complexity index is 451.